The molecule has 0 saturated heterocycles. The number of aryl methyl sites for hydroxylation is 1. The van der Waals surface area contributed by atoms with Crippen LogP contribution in [0.3, 0.4) is 0 Å². The highest BCUT2D eigenvalue weighted by Gasteiger charge is 2.11. The molecule has 0 fully saturated rings. The molecule has 0 radical (unpaired) electrons. The van der Waals surface area contributed by atoms with Crippen molar-refractivity contribution in [1.82, 2.24) is 15.8 Å². The van der Waals surface area contributed by atoms with Crippen LogP contribution in [0, 0.1) is 6.92 Å². The molecule has 30 heavy (non-hydrogen) atoms. The minimum atomic E-state index is -0.435. The average molecular weight is 407 g/mol. The number of hydroxylamine groups is 1. The van der Waals surface area contributed by atoms with Crippen LogP contribution < -0.4 is 15.5 Å². The second kappa shape index (κ2) is 10.4. The number of ether oxygens (including phenoxy) is 1. The van der Waals surface area contributed by atoms with Gasteiger partial charge >= 0.3 is 0 Å². The number of carbonyl (C=O) groups excluding carboxylic acids is 2. The van der Waals surface area contributed by atoms with Gasteiger partial charge in [0, 0.05) is 18.4 Å². The van der Waals surface area contributed by atoms with Gasteiger partial charge in [0.1, 0.15) is 23.6 Å². The van der Waals surface area contributed by atoms with E-state index in [-0.39, 0.29) is 12.3 Å². The zero-order valence-electron chi connectivity index (χ0n) is 16.9. The molecule has 0 unspecified atom stereocenters. The lowest BCUT2D eigenvalue weighted by Crippen LogP contribution is -2.26. The van der Waals surface area contributed by atoms with Crippen LogP contribution in [0.15, 0.2) is 54.6 Å². The van der Waals surface area contributed by atoms with Gasteiger partial charge in [0.25, 0.3) is 5.91 Å². The Morgan fingerprint density at radius 3 is 2.60 bits per heavy atom. The molecule has 3 rings (SSSR count). The van der Waals surface area contributed by atoms with Crippen molar-refractivity contribution in [2.45, 2.75) is 32.8 Å². The van der Waals surface area contributed by atoms with E-state index in [4.69, 9.17) is 9.94 Å². The molecule has 0 spiro atoms. The molecular formula is C23H25N3O4. The molecule has 7 nitrogen and oxygen atoms in total. The fraction of sp³-hybridized carbons (Fsp3) is 0.261. The summed E-state index contributed by atoms with van der Waals surface area (Å²) in [6.45, 7) is 2.87. The summed E-state index contributed by atoms with van der Waals surface area (Å²) in [5, 5.41) is 12.2. The van der Waals surface area contributed by atoms with Crippen LogP contribution in [0.2, 0.25) is 0 Å². The van der Waals surface area contributed by atoms with Gasteiger partial charge in [0.05, 0.1) is 0 Å². The minimum absolute atomic E-state index is 0.211. The maximum atomic E-state index is 12.4. The zero-order valence-corrected chi connectivity index (χ0v) is 16.9. The first-order valence-electron chi connectivity index (χ1n) is 9.86. The largest absolute Gasteiger partial charge is 0.487 e. The number of hydrogen-bond donors (Lipinski definition) is 3. The van der Waals surface area contributed by atoms with Crippen molar-refractivity contribution in [3.8, 4) is 5.75 Å². The maximum absolute atomic E-state index is 12.4. The van der Waals surface area contributed by atoms with Crippen molar-refractivity contribution < 1.29 is 19.5 Å². The highest BCUT2D eigenvalue weighted by molar-refractivity contribution is 5.95. The smallest absolute Gasteiger partial charge is 0.269 e. The predicted molar refractivity (Wildman–Crippen MR) is 113 cm³/mol. The number of para-hydroxylation sites is 1. The van der Waals surface area contributed by atoms with Crippen molar-refractivity contribution in [2.75, 3.05) is 6.54 Å². The maximum Gasteiger partial charge on any atom is 0.269 e. The quantitative estimate of drug-likeness (QED) is 0.286. The van der Waals surface area contributed by atoms with Crippen LogP contribution in [-0.4, -0.2) is 28.6 Å². The molecule has 2 aromatic carbocycles. The number of amides is 2. The molecule has 1 heterocycles. The highest BCUT2D eigenvalue weighted by Crippen LogP contribution is 2.25. The first-order chi connectivity index (χ1) is 14.6. The van der Waals surface area contributed by atoms with Crippen LogP contribution in [0.25, 0.3) is 10.9 Å². The summed E-state index contributed by atoms with van der Waals surface area (Å²) in [7, 11) is 0. The van der Waals surface area contributed by atoms with Crippen molar-refractivity contribution in [3.63, 3.8) is 0 Å². The number of benzene rings is 2. The zero-order chi connectivity index (χ0) is 21.3. The van der Waals surface area contributed by atoms with Gasteiger partial charge in [-0.1, -0.05) is 48.0 Å². The summed E-state index contributed by atoms with van der Waals surface area (Å²) in [6.07, 6.45) is 1.40. The third-order valence-electron chi connectivity index (χ3n) is 4.67. The summed E-state index contributed by atoms with van der Waals surface area (Å²) < 4.78 is 5.97. The Morgan fingerprint density at radius 1 is 1.03 bits per heavy atom. The number of nitrogens with zero attached hydrogens (tertiary/aromatic N) is 1. The van der Waals surface area contributed by atoms with Crippen LogP contribution in [0.5, 0.6) is 5.75 Å². The van der Waals surface area contributed by atoms with Crippen molar-refractivity contribution in [2.24, 2.45) is 0 Å². The summed E-state index contributed by atoms with van der Waals surface area (Å²) >= 11 is 0. The third kappa shape index (κ3) is 5.78. The molecule has 1 aromatic heterocycles. The molecule has 2 amide bonds. The van der Waals surface area contributed by atoms with Gasteiger partial charge in [0.2, 0.25) is 5.91 Å². The Morgan fingerprint density at radius 2 is 1.83 bits per heavy atom. The first kappa shape index (κ1) is 21.3. The van der Waals surface area contributed by atoms with Gasteiger partial charge in [-0.3, -0.25) is 14.8 Å². The topological polar surface area (TPSA) is 101 Å². The van der Waals surface area contributed by atoms with Gasteiger partial charge in [-0.2, -0.15) is 0 Å². The average Bonchev–Trinajstić information content (AvgIpc) is 2.77. The molecule has 7 heteroatoms. The van der Waals surface area contributed by atoms with Gasteiger partial charge in [0.15, 0.2) is 0 Å². The number of hydrogen-bond acceptors (Lipinski definition) is 5. The van der Waals surface area contributed by atoms with Gasteiger partial charge in [-0.15, -0.1) is 0 Å². The number of fused-ring (bicyclic) bond motifs is 1. The molecule has 0 aliphatic heterocycles. The third-order valence-corrected chi connectivity index (χ3v) is 4.67. The van der Waals surface area contributed by atoms with E-state index in [1.807, 2.05) is 55.5 Å². The van der Waals surface area contributed by atoms with E-state index in [0.717, 1.165) is 10.9 Å². The molecule has 0 bridgehead atoms. The number of rotatable bonds is 9. The van der Waals surface area contributed by atoms with Gasteiger partial charge < -0.3 is 10.1 Å². The summed E-state index contributed by atoms with van der Waals surface area (Å²) in [6, 6.07) is 17.3. The van der Waals surface area contributed by atoms with Crippen molar-refractivity contribution in [1.29, 1.82) is 0 Å². The Bertz CT molecular complexity index is 1020. The lowest BCUT2D eigenvalue weighted by atomic mass is 10.1. The van der Waals surface area contributed by atoms with Crippen LogP contribution in [0.4, 0.5) is 0 Å². The number of aromatic nitrogens is 1. The van der Waals surface area contributed by atoms with E-state index in [2.05, 4.69) is 10.3 Å². The molecule has 156 valence electrons. The highest BCUT2D eigenvalue weighted by atomic mass is 16.5. The predicted octanol–water partition coefficient (Wildman–Crippen LogP) is 3.53. The molecule has 3 N–H and O–H groups in total. The molecular weight excluding hydrogens is 382 g/mol. The Hall–Kier alpha value is -3.45. The fourth-order valence-electron chi connectivity index (χ4n) is 2.97. The second-order valence-corrected chi connectivity index (χ2v) is 7.05. The SMILES string of the molecule is Cc1ccc(COc2cccc3ccc(C(=O)NCCCCC(=O)NO)nc23)cc1. The standard InChI is InChI=1S/C23H25N3O4/c1-16-8-10-17(11-9-16)15-30-20-6-4-5-18-12-13-19(25-22(18)20)23(28)24-14-3-2-7-21(27)26-29/h4-6,8-13,29H,2-3,7,14-15H2,1H3,(H,24,28)(H,26,27). The van der Waals surface area contributed by atoms with E-state index >= 15 is 0 Å². The number of pyridine rings is 1. The Labute approximate surface area is 175 Å². The molecule has 0 saturated carbocycles. The summed E-state index contributed by atoms with van der Waals surface area (Å²) in [5.74, 6) is -0.0923. The van der Waals surface area contributed by atoms with E-state index in [1.165, 1.54) is 5.56 Å². The van der Waals surface area contributed by atoms with Crippen molar-refractivity contribution in [3.05, 3.63) is 71.4 Å². The van der Waals surface area contributed by atoms with Crippen molar-refractivity contribution >= 4 is 22.7 Å². The summed E-state index contributed by atoms with van der Waals surface area (Å²) in [4.78, 5) is 27.9. The van der Waals surface area contributed by atoms with Crippen LogP contribution in [0.1, 0.15) is 40.9 Å². The van der Waals surface area contributed by atoms with Gasteiger partial charge in [-0.25, -0.2) is 10.5 Å². The molecule has 3 aromatic rings. The molecule has 0 aliphatic carbocycles. The monoisotopic (exact) mass is 407 g/mol. The lowest BCUT2D eigenvalue weighted by Gasteiger charge is -2.10. The number of carbonyl (C=O) groups is 2. The Kier molecular flexibility index (Phi) is 7.34. The van der Waals surface area contributed by atoms with E-state index in [0.29, 0.717) is 43.0 Å². The van der Waals surface area contributed by atoms with E-state index < -0.39 is 5.91 Å². The van der Waals surface area contributed by atoms with Crippen LogP contribution >= 0.6 is 0 Å². The minimum Gasteiger partial charge on any atom is -0.487 e. The van der Waals surface area contributed by atoms with Gasteiger partial charge in [-0.05, 0) is 37.5 Å². The molecule has 0 atom stereocenters. The number of unbranched alkanes of at least 4 members (excludes halogenated alkanes) is 1. The lowest BCUT2D eigenvalue weighted by molar-refractivity contribution is -0.129. The van der Waals surface area contributed by atoms with E-state index in [9.17, 15) is 9.59 Å². The fourth-order valence-corrected chi connectivity index (χ4v) is 2.97. The summed E-state index contributed by atoms with van der Waals surface area (Å²) in [5.41, 5.74) is 4.78. The first-order valence-corrected chi connectivity index (χ1v) is 9.86. The normalized spacial score (nSPS) is 10.6. The van der Waals surface area contributed by atoms with Crippen LogP contribution in [-0.2, 0) is 11.4 Å². The molecule has 0 aliphatic rings. The number of nitrogens with one attached hydrogen (secondary N) is 2. The van der Waals surface area contributed by atoms with E-state index in [1.54, 1.807) is 11.5 Å². The Balaban J connectivity index is 1.64. The second-order valence-electron chi connectivity index (χ2n) is 7.05.